The normalized spacial score (nSPS) is 10.5. The highest BCUT2D eigenvalue weighted by atomic mass is 16.7. The Balaban J connectivity index is 1.53. The van der Waals surface area contributed by atoms with Crippen LogP contribution in [0.5, 0.6) is 0 Å². The molecule has 0 unspecified atom stereocenters. The number of benzene rings is 2. The minimum atomic E-state index is -0.494. The van der Waals surface area contributed by atoms with Crippen molar-refractivity contribution in [2.24, 2.45) is 0 Å². The zero-order chi connectivity index (χ0) is 18.4. The molecule has 0 saturated heterocycles. The SMILES string of the molecule is O=C(NOCc1ccccc1)c1ccc(Cn2cc([N+](=O)[O-])cn2)cc1. The van der Waals surface area contributed by atoms with Crippen LogP contribution in [0.15, 0.2) is 67.0 Å². The van der Waals surface area contributed by atoms with Gasteiger partial charge in [-0.2, -0.15) is 5.10 Å². The Bertz CT molecular complexity index is 891. The maximum atomic E-state index is 12.1. The predicted octanol–water partition coefficient (Wildman–Crippen LogP) is 2.70. The van der Waals surface area contributed by atoms with Gasteiger partial charge in [-0.1, -0.05) is 42.5 Å². The van der Waals surface area contributed by atoms with Crippen LogP contribution in [0.4, 0.5) is 5.69 Å². The highest BCUT2D eigenvalue weighted by Crippen LogP contribution is 2.11. The van der Waals surface area contributed by atoms with E-state index < -0.39 is 4.92 Å². The molecule has 1 amide bonds. The molecule has 1 heterocycles. The van der Waals surface area contributed by atoms with Gasteiger partial charge in [0.1, 0.15) is 12.4 Å². The maximum absolute atomic E-state index is 12.1. The minimum absolute atomic E-state index is 0.0587. The number of nitrogens with one attached hydrogen (secondary N) is 1. The van der Waals surface area contributed by atoms with Crippen LogP contribution < -0.4 is 5.48 Å². The number of carbonyl (C=O) groups is 1. The molecule has 26 heavy (non-hydrogen) atoms. The lowest BCUT2D eigenvalue weighted by Crippen LogP contribution is -2.23. The molecule has 3 rings (SSSR count). The van der Waals surface area contributed by atoms with E-state index in [1.54, 1.807) is 24.3 Å². The zero-order valence-electron chi connectivity index (χ0n) is 13.7. The summed E-state index contributed by atoms with van der Waals surface area (Å²) in [5.41, 5.74) is 4.61. The summed E-state index contributed by atoms with van der Waals surface area (Å²) < 4.78 is 1.47. The van der Waals surface area contributed by atoms with Crippen LogP contribution in [-0.2, 0) is 18.0 Å². The van der Waals surface area contributed by atoms with Gasteiger partial charge < -0.3 is 0 Å². The van der Waals surface area contributed by atoms with Gasteiger partial charge in [0.05, 0.1) is 18.1 Å². The summed E-state index contributed by atoms with van der Waals surface area (Å²) in [5.74, 6) is -0.345. The fourth-order valence-electron chi connectivity index (χ4n) is 2.30. The van der Waals surface area contributed by atoms with E-state index in [4.69, 9.17) is 4.84 Å². The van der Waals surface area contributed by atoms with E-state index in [2.05, 4.69) is 10.6 Å². The first-order valence-electron chi connectivity index (χ1n) is 7.83. The van der Waals surface area contributed by atoms with Crippen molar-refractivity contribution in [3.05, 3.63) is 93.8 Å². The van der Waals surface area contributed by atoms with Crippen molar-refractivity contribution in [1.82, 2.24) is 15.3 Å². The number of aromatic nitrogens is 2. The Morgan fingerprint density at radius 1 is 1.12 bits per heavy atom. The number of carbonyl (C=O) groups excluding carboxylic acids is 1. The lowest BCUT2D eigenvalue weighted by Gasteiger charge is -2.07. The second-order valence-corrected chi connectivity index (χ2v) is 5.56. The van der Waals surface area contributed by atoms with Crippen LogP contribution in [0.2, 0.25) is 0 Å². The topological polar surface area (TPSA) is 99.3 Å². The second-order valence-electron chi connectivity index (χ2n) is 5.56. The fourth-order valence-corrected chi connectivity index (χ4v) is 2.30. The zero-order valence-corrected chi connectivity index (χ0v) is 13.7. The lowest BCUT2D eigenvalue weighted by atomic mass is 10.1. The summed E-state index contributed by atoms with van der Waals surface area (Å²) in [4.78, 5) is 27.4. The molecule has 0 aliphatic heterocycles. The molecule has 0 bridgehead atoms. The van der Waals surface area contributed by atoms with E-state index in [-0.39, 0.29) is 18.2 Å². The fraction of sp³-hybridized carbons (Fsp3) is 0.111. The highest BCUT2D eigenvalue weighted by molar-refractivity contribution is 5.93. The summed E-state index contributed by atoms with van der Waals surface area (Å²) in [6.07, 6.45) is 2.56. The molecule has 3 aromatic rings. The molecule has 132 valence electrons. The van der Waals surface area contributed by atoms with E-state index in [1.807, 2.05) is 30.3 Å². The summed E-state index contributed by atoms with van der Waals surface area (Å²) in [6, 6.07) is 16.4. The first-order valence-corrected chi connectivity index (χ1v) is 7.83. The average Bonchev–Trinajstić information content (AvgIpc) is 3.12. The van der Waals surface area contributed by atoms with Crippen molar-refractivity contribution >= 4 is 11.6 Å². The van der Waals surface area contributed by atoms with E-state index >= 15 is 0 Å². The molecular formula is C18H16N4O4. The van der Waals surface area contributed by atoms with E-state index in [0.29, 0.717) is 12.1 Å². The number of nitrogens with zero attached hydrogens (tertiary/aromatic N) is 3. The van der Waals surface area contributed by atoms with Crippen molar-refractivity contribution in [1.29, 1.82) is 0 Å². The number of amides is 1. The molecule has 0 radical (unpaired) electrons. The van der Waals surface area contributed by atoms with Crippen molar-refractivity contribution in [2.75, 3.05) is 0 Å². The van der Waals surface area contributed by atoms with Crippen molar-refractivity contribution in [3.8, 4) is 0 Å². The number of rotatable bonds is 7. The molecule has 8 heteroatoms. The largest absolute Gasteiger partial charge is 0.307 e. The van der Waals surface area contributed by atoms with E-state index in [9.17, 15) is 14.9 Å². The smallest absolute Gasteiger partial charge is 0.269 e. The Hall–Kier alpha value is -3.52. The molecule has 0 spiro atoms. The molecule has 0 saturated carbocycles. The van der Waals surface area contributed by atoms with Gasteiger partial charge in [0, 0.05) is 5.56 Å². The van der Waals surface area contributed by atoms with Crippen LogP contribution in [0.3, 0.4) is 0 Å². The van der Waals surface area contributed by atoms with Gasteiger partial charge in [0.2, 0.25) is 0 Å². The quantitative estimate of drug-likeness (QED) is 0.520. The third-order valence-electron chi connectivity index (χ3n) is 3.64. The van der Waals surface area contributed by atoms with Gasteiger partial charge >= 0.3 is 5.69 Å². The lowest BCUT2D eigenvalue weighted by molar-refractivity contribution is -0.385. The third kappa shape index (κ3) is 4.52. The predicted molar refractivity (Wildman–Crippen MR) is 93.1 cm³/mol. The summed E-state index contributed by atoms with van der Waals surface area (Å²) in [6.45, 7) is 0.656. The van der Waals surface area contributed by atoms with E-state index in [0.717, 1.165) is 11.1 Å². The van der Waals surface area contributed by atoms with Gasteiger partial charge in [-0.3, -0.25) is 24.4 Å². The third-order valence-corrected chi connectivity index (χ3v) is 3.64. The summed E-state index contributed by atoms with van der Waals surface area (Å²) >= 11 is 0. The van der Waals surface area contributed by atoms with Gasteiger partial charge in [0.25, 0.3) is 5.91 Å². The standard InChI is InChI=1S/C18H16N4O4/c23-18(20-26-13-15-4-2-1-3-5-15)16-8-6-14(7-9-16)11-21-12-17(10-19-21)22(24)25/h1-10,12H,11,13H2,(H,20,23). The minimum Gasteiger partial charge on any atom is -0.269 e. The maximum Gasteiger partial charge on any atom is 0.307 e. The molecular weight excluding hydrogens is 336 g/mol. The monoisotopic (exact) mass is 352 g/mol. The second kappa shape index (κ2) is 8.04. The first-order chi connectivity index (χ1) is 12.6. The highest BCUT2D eigenvalue weighted by Gasteiger charge is 2.10. The number of hydroxylamine groups is 1. The van der Waals surface area contributed by atoms with Gasteiger partial charge in [-0.15, -0.1) is 0 Å². The summed E-state index contributed by atoms with van der Waals surface area (Å²) in [5, 5.41) is 14.6. The Kier molecular flexibility index (Phi) is 5.35. The van der Waals surface area contributed by atoms with Gasteiger partial charge in [0.15, 0.2) is 0 Å². The average molecular weight is 352 g/mol. The van der Waals surface area contributed by atoms with E-state index in [1.165, 1.54) is 17.1 Å². The number of hydrogen-bond donors (Lipinski definition) is 1. The Labute approximate surface area is 149 Å². The number of nitro groups is 1. The van der Waals surface area contributed by atoms with Crippen LogP contribution in [0.1, 0.15) is 21.5 Å². The molecule has 0 aliphatic rings. The van der Waals surface area contributed by atoms with Gasteiger partial charge in [-0.05, 0) is 23.3 Å². The van der Waals surface area contributed by atoms with Gasteiger partial charge in [-0.25, -0.2) is 5.48 Å². The van der Waals surface area contributed by atoms with Crippen LogP contribution >= 0.6 is 0 Å². The van der Waals surface area contributed by atoms with Crippen LogP contribution in [-0.4, -0.2) is 20.6 Å². The molecule has 0 atom stereocenters. The van der Waals surface area contributed by atoms with Crippen molar-refractivity contribution < 1.29 is 14.6 Å². The molecule has 0 aliphatic carbocycles. The molecule has 8 nitrogen and oxygen atoms in total. The summed E-state index contributed by atoms with van der Waals surface area (Å²) in [7, 11) is 0. The number of hydrogen-bond acceptors (Lipinski definition) is 5. The molecule has 1 aromatic heterocycles. The molecule has 0 fully saturated rings. The Morgan fingerprint density at radius 3 is 2.50 bits per heavy atom. The van der Waals surface area contributed by atoms with Crippen LogP contribution in [0, 0.1) is 10.1 Å². The first kappa shape index (κ1) is 17.3. The van der Waals surface area contributed by atoms with Crippen molar-refractivity contribution in [3.63, 3.8) is 0 Å². The molecule has 2 aromatic carbocycles. The van der Waals surface area contributed by atoms with Crippen molar-refractivity contribution in [2.45, 2.75) is 13.2 Å². The Morgan fingerprint density at radius 2 is 1.85 bits per heavy atom. The molecule has 1 N–H and O–H groups in total. The van der Waals surface area contributed by atoms with Crippen LogP contribution in [0.25, 0.3) is 0 Å².